The minimum atomic E-state index is -0.118. The molecule has 1 aliphatic rings. The van der Waals surface area contributed by atoms with Gasteiger partial charge in [0, 0.05) is 32.0 Å². The van der Waals surface area contributed by atoms with E-state index in [0.29, 0.717) is 31.1 Å². The molecule has 1 aromatic heterocycles. The van der Waals surface area contributed by atoms with Gasteiger partial charge in [-0.15, -0.1) is 0 Å². The number of hydrogen-bond donors (Lipinski definition) is 1. The van der Waals surface area contributed by atoms with Crippen molar-refractivity contribution in [1.82, 2.24) is 15.2 Å². The van der Waals surface area contributed by atoms with Crippen LogP contribution in [0.4, 0.5) is 0 Å². The average molecular weight is 367 g/mol. The molecule has 0 unspecified atom stereocenters. The number of hydrogen-bond acceptors (Lipinski definition) is 4. The SMILES string of the molecule is Cc1ccccc1OCC(=O)NCC1CCN(C(=O)c2cccnc2)CC1. The van der Waals surface area contributed by atoms with Crippen LogP contribution in [-0.4, -0.2) is 47.9 Å². The number of carbonyl (C=O) groups is 2. The largest absolute Gasteiger partial charge is 0.484 e. The lowest BCUT2D eigenvalue weighted by molar-refractivity contribution is -0.123. The maximum atomic E-state index is 12.4. The highest BCUT2D eigenvalue weighted by Gasteiger charge is 2.24. The maximum Gasteiger partial charge on any atom is 0.257 e. The molecule has 1 N–H and O–H groups in total. The van der Waals surface area contributed by atoms with Crippen LogP contribution in [0.25, 0.3) is 0 Å². The molecule has 0 saturated carbocycles. The van der Waals surface area contributed by atoms with Crippen LogP contribution < -0.4 is 10.1 Å². The van der Waals surface area contributed by atoms with Gasteiger partial charge >= 0.3 is 0 Å². The van der Waals surface area contributed by atoms with E-state index in [2.05, 4.69) is 10.3 Å². The second-order valence-corrected chi connectivity index (χ2v) is 6.84. The zero-order valence-electron chi connectivity index (χ0n) is 15.6. The summed E-state index contributed by atoms with van der Waals surface area (Å²) >= 11 is 0. The molecule has 1 aliphatic heterocycles. The predicted octanol–water partition coefficient (Wildman–Crippen LogP) is 2.44. The topological polar surface area (TPSA) is 71.5 Å². The Morgan fingerprint density at radius 3 is 2.67 bits per heavy atom. The lowest BCUT2D eigenvalue weighted by Gasteiger charge is -2.32. The van der Waals surface area contributed by atoms with E-state index >= 15 is 0 Å². The molecule has 0 bridgehead atoms. The number of nitrogens with zero attached hydrogens (tertiary/aromatic N) is 2. The molecule has 6 nitrogen and oxygen atoms in total. The predicted molar refractivity (Wildman–Crippen MR) is 103 cm³/mol. The number of para-hydroxylation sites is 1. The number of carbonyl (C=O) groups excluding carboxylic acids is 2. The first kappa shape index (κ1) is 18.9. The van der Waals surface area contributed by atoms with Crippen LogP contribution in [-0.2, 0) is 4.79 Å². The number of benzene rings is 1. The van der Waals surface area contributed by atoms with E-state index in [4.69, 9.17) is 4.74 Å². The molecule has 0 spiro atoms. The smallest absolute Gasteiger partial charge is 0.257 e. The Hall–Kier alpha value is -2.89. The van der Waals surface area contributed by atoms with Crippen LogP contribution in [0.15, 0.2) is 48.8 Å². The Labute approximate surface area is 159 Å². The van der Waals surface area contributed by atoms with Gasteiger partial charge in [-0.2, -0.15) is 0 Å². The van der Waals surface area contributed by atoms with Crippen molar-refractivity contribution >= 4 is 11.8 Å². The summed E-state index contributed by atoms with van der Waals surface area (Å²) in [7, 11) is 0. The van der Waals surface area contributed by atoms with Gasteiger partial charge in [0.15, 0.2) is 6.61 Å². The molecule has 0 aliphatic carbocycles. The summed E-state index contributed by atoms with van der Waals surface area (Å²) in [6.45, 7) is 3.99. The third kappa shape index (κ3) is 5.29. The molecule has 142 valence electrons. The van der Waals surface area contributed by atoms with Crippen molar-refractivity contribution < 1.29 is 14.3 Å². The van der Waals surface area contributed by atoms with Gasteiger partial charge in [0.05, 0.1) is 5.56 Å². The van der Waals surface area contributed by atoms with E-state index in [-0.39, 0.29) is 18.4 Å². The van der Waals surface area contributed by atoms with Gasteiger partial charge in [0.25, 0.3) is 11.8 Å². The quantitative estimate of drug-likeness (QED) is 0.851. The summed E-state index contributed by atoms with van der Waals surface area (Å²) in [5.74, 6) is 1.02. The molecular formula is C21H25N3O3. The number of ether oxygens (including phenoxy) is 1. The average Bonchev–Trinajstić information content (AvgIpc) is 2.72. The fraction of sp³-hybridized carbons (Fsp3) is 0.381. The Bertz CT molecular complexity index is 771. The van der Waals surface area contributed by atoms with Crippen molar-refractivity contribution in [2.45, 2.75) is 19.8 Å². The lowest BCUT2D eigenvalue weighted by atomic mass is 9.96. The standard InChI is InChI=1S/C21H25N3O3/c1-16-5-2-3-7-19(16)27-15-20(25)23-13-17-8-11-24(12-9-17)21(26)18-6-4-10-22-14-18/h2-7,10,14,17H,8-9,11-13,15H2,1H3,(H,23,25). The first-order valence-corrected chi connectivity index (χ1v) is 9.28. The second kappa shape index (κ2) is 9.16. The highest BCUT2D eigenvalue weighted by molar-refractivity contribution is 5.93. The third-order valence-electron chi connectivity index (χ3n) is 4.85. The van der Waals surface area contributed by atoms with Crippen LogP contribution in [0.3, 0.4) is 0 Å². The van der Waals surface area contributed by atoms with E-state index in [1.165, 1.54) is 0 Å². The number of aryl methyl sites for hydroxylation is 1. The zero-order valence-corrected chi connectivity index (χ0v) is 15.6. The van der Waals surface area contributed by atoms with Crippen molar-refractivity contribution in [2.75, 3.05) is 26.2 Å². The Balaban J connectivity index is 1.37. The molecular weight excluding hydrogens is 342 g/mol. The van der Waals surface area contributed by atoms with Gasteiger partial charge in [0.2, 0.25) is 0 Å². The summed E-state index contributed by atoms with van der Waals surface area (Å²) < 4.78 is 5.57. The number of likely N-dealkylation sites (tertiary alicyclic amines) is 1. The number of nitrogens with one attached hydrogen (secondary N) is 1. The van der Waals surface area contributed by atoms with Crippen molar-refractivity contribution in [3.63, 3.8) is 0 Å². The van der Waals surface area contributed by atoms with Crippen molar-refractivity contribution in [3.05, 3.63) is 59.9 Å². The molecule has 27 heavy (non-hydrogen) atoms. The van der Waals surface area contributed by atoms with Gasteiger partial charge in [-0.25, -0.2) is 0 Å². The normalized spacial score (nSPS) is 14.6. The van der Waals surface area contributed by atoms with E-state index in [0.717, 1.165) is 24.2 Å². The van der Waals surface area contributed by atoms with Crippen molar-refractivity contribution in [2.24, 2.45) is 5.92 Å². The van der Waals surface area contributed by atoms with Crippen molar-refractivity contribution in [3.8, 4) is 5.75 Å². The van der Waals surface area contributed by atoms with Crippen LogP contribution in [0.1, 0.15) is 28.8 Å². The molecule has 1 fully saturated rings. The van der Waals surface area contributed by atoms with Crippen LogP contribution in [0, 0.1) is 12.8 Å². The first-order valence-electron chi connectivity index (χ1n) is 9.28. The van der Waals surface area contributed by atoms with Gasteiger partial charge in [-0.1, -0.05) is 18.2 Å². The highest BCUT2D eigenvalue weighted by atomic mass is 16.5. The van der Waals surface area contributed by atoms with E-state index in [1.54, 1.807) is 24.5 Å². The second-order valence-electron chi connectivity index (χ2n) is 6.84. The fourth-order valence-electron chi connectivity index (χ4n) is 3.18. The lowest BCUT2D eigenvalue weighted by Crippen LogP contribution is -2.42. The van der Waals surface area contributed by atoms with E-state index in [9.17, 15) is 9.59 Å². The van der Waals surface area contributed by atoms with Crippen LogP contribution in [0.5, 0.6) is 5.75 Å². The third-order valence-corrected chi connectivity index (χ3v) is 4.85. The van der Waals surface area contributed by atoms with Gasteiger partial charge < -0.3 is 15.0 Å². The number of pyridine rings is 1. The molecule has 3 rings (SSSR count). The monoisotopic (exact) mass is 367 g/mol. The fourth-order valence-corrected chi connectivity index (χ4v) is 3.18. The van der Waals surface area contributed by atoms with Gasteiger partial charge in [-0.05, 0) is 49.4 Å². The molecule has 6 heteroatoms. The molecule has 1 aromatic carbocycles. The summed E-state index contributed by atoms with van der Waals surface area (Å²) in [6.07, 6.45) is 5.02. The van der Waals surface area contributed by atoms with E-state index in [1.807, 2.05) is 36.1 Å². The van der Waals surface area contributed by atoms with E-state index < -0.39 is 0 Å². The van der Waals surface area contributed by atoms with Crippen LogP contribution in [0.2, 0.25) is 0 Å². The molecule has 2 amide bonds. The highest BCUT2D eigenvalue weighted by Crippen LogP contribution is 2.19. The molecule has 1 saturated heterocycles. The minimum absolute atomic E-state index is 0.0171. The summed E-state index contributed by atoms with van der Waals surface area (Å²) in [5.41, 5.74) is 1.63. The molecule has 2 aromatic rings. The summed E-state index contributed by atoms with van der Waals surface area (Å²) in [4.78, 5) is 30.3. The molecule has 2 heterocycles. The number of amides is 2. The summed E-state index contributed by atoms with van der Waals surface area (Å²) in [6, 6.07) is 11.2. The first-order chi connectivity index (χ1) is 13.1. The van der Waals surface area contributed by atoms with Gasteiger partial charge in [0.1, 0.15) is 5.75 Å². The molecule has 0 radical (unpaired) electrons. The number of aromatic nitrogens is 1. The number of piperidine rings is 1. The maximum absolute atomic E-state index is 12.4. The Morgan fingerprint density at radius 1 is 1.19 bits per heavy atom. The molecule has 0 atom stereocenters. The minimum Gasteiger partial charge on any atom is -0.484 e. The number of rotatable bonds is 6. The van der Waals surface area contributed by atoms with Gasteiger partial charge in [-0.3, -0.25) is 14.6 Å². The van der Waals surface area contributed by atoms with Crippen LogP contribution >= 0.6 is 0 Å². The Morgan fingerprint density at radius 2 is 1.96 bits per heavy atom. The summed E-state index contributed by atoms with van der Waals surface area (Å²) in [5, 5.41) is 2.94. The van der Waals surface area contributed by atoms with Crippen molar-refractivity contribution in [1.29, 1.82) is 0 Å². The Kier molecular flexibility index (Phi) is 6.41. The zero-order chi connectivity index (χ0) is 19.1.